The summed E-state index contributed by atoms with van der Waals surface area (Å²) in [6.45, 7) is 11.7. The summed E-state index contributed by atoms with van der Waals surface area (Å²) >= 11 is 0. The van der Waals surface area contributed by atoms with Crippen molar-refractivity contribution in [1.29, 1.82) is 5.41 Å². The summed E-state index contributed by atoms with van der Waals surface area (Å²) in [7, 11) is -4.79. The molecule has 0 aromatic heterocycles. The lowest BCUT2D eigenvalue weighted by Gasteiger charge is -2.19. The Morgan fingerprint density at radius 2 is 1.03 bits per heavy atom. The number of nitrogen functional groups attached to an aromatic ring is 1. The Morgan fingerprint density at radius 1 is 0.606 bits per heavy atom. The van der Waals surface area contributed by atoms with Crippen molar-refractivity contribution >= 4 is 38.7 Å². The smallest absolute Gasteiger partial charge is 0.305 e. The third-order valence-corrected chi connectivity index (χ3v) is 11.0. The van der Waals surface area contributed by atoms with E-state index >= 15 is 0 Å². The Labute approximate surface area is 413 Å². The number of hydrogen-bond donors (Lipinski definition) is 5. The van der Waals surface area contributed by atoms with Crippen LogP contribution in [0.3, 0.4) is 0 Å². The monoisotopic (exact) mass is 1020 g/mol. The average molecular weight is 1020 g/mol. The first-order chi connectivity index (χ1) is 34.5. The molecule has 0 bridgehead atoms. The van der Waals surface area contributed by atoms with E-state index in [1.165, 1.54) is 6.07 Å². The molecule has 0 atom stereocenters. The largest absolute Gasteiger partial charge is 0.481 e. The predicted octanol–water partition coefficient (Wildman–Crippen LogP) is 3.23. The second kappa shape index (κ2) is 34.6. The highest BCUT2D eigenvalue weighted by atomic mass is 32.2. The van der Waals surface area contributed by atoms with Crippen LogP contribution < -0.4 is 16.4 Å². The molecule has 1 amide bonds. The molecular weight excluding hydrogens is 955 g/mol. The Hall–Kier alpha value is -4.70. The van der Waals surface area contributed by atoms with Crippen LogP contribution in [0.2, 0.25) is 0 Å². The zero-order valence-electron chi connectivity index (χ0n) is 40.3. The number of nitrogens with one attached hydrogen (secondary N) is 2. The second-order valence-electron chi connectivity index (χ2n) is 15.3. The fourth-order valence-corrected chi connectivity index (χ4v) is 7.31. The van der Waals surface area contributed by atoms with Gasteiger partial charge in [-0.15, -0.1) is 0 Å². The molecule has 0 unspecified atom stereocenters. The van der Waals surface area contributed by atoms with Crippen molar-refractivity contribution in [2.45, 2.75) is 18.2 Å². The SMILES string of the molecule is Cc1c2oc3c(S(=O)(=O)O)c(N)ccc3c(-c3cccc(C(=O)NCCOCCOCCOCCOCCOCCOCCOCCOCCOCCOCCOCCOCCC(=O)O)c3)c-2ccc1=N. The van der Waals surface area contributed by atoms with Gasteiger partial charge in [-0.05, 0) is 48.9 Å². The van der Waals surface area contributed by atoms with E-state index in [4.69, 9.17) is 77.5 Å². The maximum atomic E-state index is 13.2. The zero-order chi connectivity index (χ0) is 50.9. The van der Waals surface area contributed by atoms with Gasteiger partial charge in [0.15, 0.2) is 10.5 Å². The summed E-state index contributed by atoms with van der Waals surface area (Å²) in [5.41, 5.74) is 8.14. The molecule has 2 aromatic carbocycles. The third kappa shape index (κ3) is 22.7. The minimum atomic E-state index is -4.79. The molecule has 396 valence electrons. The first-order valence-electron chi connectivity index (χ1n) is 23.3. The molecule has 2 aromatic rings. The lowest BCUT2D eigenvalue weighted by Crippen LogP contribution is -2.27. The van der Waals surface area contributed by atoms with Crippen molar-refractivity contribution in [2.75, 3.05) is 171 Å². The topological polar surface area (TPSA) is 295 Å². The van der Waals surface area contributed by atoms with E-state index in [1.807, 2.05) is 0 Å². The van der Waals surface area contributed by atoms with Crippen molar-refractivity contribution in [3.05, 3.63) is 65.0 Å². The highest BCUT2D eigenvalue weighted by Gasteiger charge is 2.27. The van der Waals surface area contributed by atoms with Crippen LogP contribution in [0.1, 0.15) is 22.3 Å². The Kier molecular flexibility index (Phi) is 28.7. The van der Waals surface area contributed by atoms with Crippen LogP contribution in [-0.2, 0) is 71.8 Å². The van der Waals surface area contributed by atoms with Crippen LogP contribution in [0.25, 0.3) is 33.4 Å². The molecule has 6 N–H and O–H groups in total. The van der Waals surface area contributed by atoms with E-state index in [1.54, 1.807) is 49.4 Å². The maximum Gasteiger partial charge on any atom is 0.305 e. The molecule has 0 fully saturated rings. The summed E-state index contributed by atoms with van der Waals surface area (Å²) in [4.78, 5) is 23.0. The summed E-state index contributed by atoms with van der Waals surface area (Å²) in [6.07, 6.45) is -0.0173. The fraction of sp³-hybridized carbons (Fsp3) is 0.562. The zero-order valence-corrected chi connectivity index (χ0v) is 41.1. The van der Waals surface area contributed by atoms with Gasteiger partial charge >= 0.3 is 5.97 Å². The first kappa shape index (κ1) is 58.9. The van der Waals surface area contributed by atoms with E-state index in [0.717, 1.165) is 0 Å². The predicted molar refractivity (Wildman–Crippen MR) is 258 cm³/mol. The normalized spacial score (nSPS) is 11.8. The highest BCUT2D eigenvalue weighted by Crippen LogP contribution is 2.44. The Balaban J connectivity index is 0.906. The third-order valence-electron chi connectivity index (χ3n) is 10.0. The van der Waals surface area contributed by atoms with Gasteiger partial charge in [-0.25, -0.2) is 0 Å². The Morgan fingerprint density at radius 3 is 1.45 bits per heavy atom. The molecule has 0 saturated carbocycles. The van der Waals surface area contributed by atoms with Crippen molar-refractivity contribution in [1.82, 2.24) is 5.32 Å². The molecule has 0 radical (unpaired) electrons. The number of carboxylic acid groups (broad SMARTS) is 1. The highest BCUT2D eigenvalue weighted by molar-refractivity contribution is 7.86. The summed E-state index contributed by atoms with van der Waals surface area (Å²) in [5.74, 6) is -0.983. The van der Waals surface area contributed by atoms with Crippen LogP contribution >= 0.6 is 0 Å². The van der Waals surface area contributed by atoms with E-state index < -0.39 is 21.0 Å². The van der Waals surface area contributed by atoms with Crippen LogP contribution in [0, 0.1) is 12.3 Å². The molecule has 71 heavy (non-hydrogen) atoms. The van der Waals surface area contributed by atoms with E-state index in [-0.39, 0.29) is 54.5 Å². The molecule has 2 aliphatic rings. The van der Waals surface area contributed by atoms with Gasteiger partial charge in [0.25, 0.3) is 16.0 Å². The lowest BCUT2D eigenvalue weighted by molar-refractivity contribution is -0.138. The minimum Gasteiger partial charge on any atom is -0.481 e. The van der Waals surface area contributed by atoms with E-state index in [0.29, 0.717) is 179 Å². The molecule has 1 aliphatic carbocycles. The molecular formula is C48H69N3O19S. The van der Waals surface area contributed by atoms with Crippen molar-refractivity contribution in [3.8, 4) is 22.5 Å². The number of carboxylic acids is 1. The van der Waals surface area contributed by atoms with Crippen LogP contribution in [-0.4, -0.2) is 195 Å². The summed E-state index contributed by atoms with van der Waals surface area (Å²) < 4.78 is 106. The summed E-state index contributed by atoms with van der Waals surface area (Å²) in [5, 5.41) is 20.2. The number of nitrogens with two attached hydrogens (primary N) is 1. The van der Waals surface area contributed by atoms with Crippen LogP contribution in [0.5, 0.6) is 0 Å². The van der Waals surface area contributed by atoms with Crippen molar-refractivity contribution in [2.24, 2.45) is 0 Å². The van der Waals surface area contributed by atoms with Crippen molar-refractivity contribution < 1.29 is 88.9 Å². The number of carbonyl (C=O) groups is 2. The minimum absolute atomic E-state index is 0.0173. The Bertz CT molecular complexity index is 2300. The standard InChI is InChI=1S/C48H69N3O19S/c1-36-41(49)7-5-39-44(40-6-8-42(50)47(71(55,56)57)46(40)70-45(36)39)37-3-2-4-38(35-37)48(54)51-10-12-59-14-16-61-18-20-63-22-24-65-26-28-67-30-32-69-34-33-68-31-29-66-27-25-64-23-21-62-19-17-60-15-13-58-11-9-43(52)53/h2-8,35,49H,9-34,50H2,1H3,(H,51,54)(H,52,53)(H,55,56,57). The average Bonchev–Trinajstić information content (AvgIpc) is 3.34. The number of ether oxygens (including phenoxy) is 12. The van der Waals surface area contributed by atoms with Crippen LogP contribution in [0.15, 0.2) is 57.8 Å². The van der Waals surface area contributed by atoms with Gasteiger partial charge in [0.05, 0.1) is 176 Å². The number of amides is 1. The molecule has 0 spiro atoms. The number of carbonyl (C=O) groups excluding carboxylic acids is 1. The number of rotatable bonds is 42. The number of aliphatic carboxylic acids is 1. The van der Waals surface area contributed by atoms with E-state index in [2.05, 4.69) is 5.32 Å². The van der Waals surface area contributed by atoms with Gasteiger partial charge in [-0.3, -0.25) is 14.1 Å². The van der Waals surface area contributed by atoms with Gasteiger partial charge in [-0.2, -0.15) is 8.42 Å². The number of fused-ring (bicyclic) bond motifs is 2. The lowest BCUT2D eigenvalue weighted by atomic mass is 9.91. The summed E-state index contributed by atoms with van der Waals surface area (Å²) in [6, 6.07) is 13.1. The molecule has 1 heterocycles. The van der Waals surface area contributed by atoms with Gasteiger partial charge in [0.1, 0.15) is 5.76 Å². The number of anilines is 1. The van der Waals surface area contributed by atoms with Gasteiger partial charge in [0.2, 0.25) is 0 Å². The quantitative estimate of drug-likeness (QED) is 0.0184. The number of hydrogen-bond acceptors (Lipinski definition) is 19. The second-order valence-corrected chi connectivity index (χ2v) is 16.6. The van der Waals surface area contributed by atoms with E-state index in [9.17, 15) is 22.6 Å². The van der Waals surface area contributed by atoms with Gasteiger partial charge in [-0.1, -0.05) is 12.1 Å². The number of benzene rings is 3. The van der Waals surface area contributed by atoms with Crippen LogP contribution in [0.4, 0.5) is 5.69 Å². The fourth-order valence-electron chi connectivity index (χ4n) is 6.56. The molecule has 22 nitrogen and oxygen atoms in total. The van der Waals surface area contributed by atoms with Gasteiger partial charge < -0.3 is 82.8 Å². The van der Waals surface area contributed by atoms with Crippen molar-refractivity contribution in [3.63, 3.8) is 0 Å². The molecule has 23 heteroatoms. The van der Waals surface area contributed by atoms with Gasteiger partial charge in [0, 0.05) is 34.2 Å². The molecule has 0 saturated heterocycles. The maximum absolute atomic E-state index is 13.2. The molecule has 4 rings (SSSR count). The molecule has 1 aliphatic heterocycles. The first-order valence-corrected chi connectivity index (χ1v) is 24.8.